The Bertz CT molecular complexity index is 68.5. The molecule has 42 valence electrons. The Morgan fingerprint density at radius 1 is 1.71 bits per heavy atom. The molecule has 0 aliphatic heterocycles. The zero-order valence-corrected chi connectivity index (χ0v) is 4.73. The lowest BCUT2D eigenvalue weighted by molar-refractivity contribution is 0.106. The number of rotatable bonds is 2. The van der Waals surface area contributed by atoms with Gasteiger partial charge in [0, 0.05) is 0 Å². The Balaban J connectivity index is 3.58. The lowest BCUT2D eigenvalue weighted by atomic mass is 10.1. The van der Waals surface area contributed by atoms with Gasteiger partial charge in [-0.1, -0.05) is 6.08 Å². The van der Waals surface area contributed by atoms with Gasteiger partial charge in [-0.3, -0.25) is 0 Å². The van der Waals surface area contributed by atoms with Crippen molar-refractivity contribution in [1.29, 1.82) is 0 Å². The minimum atomic E-state index is -0.347. The van der Waals surface area contributed by atoms with Crippen LogP contribution in [0.4, 0.5) is 0 Å². The zero-order valence-electron chi connectivity index (χ0n) is 4.73. The number of hydrogen-bond donors (Lipinski definition) is 2. The highest BCUT2D eigenvalue weighted by molar-refractivity contribution is 4.92. The first-order valence-corrected chi connectivity index (χ1v) is 2.17. The van der Waals surface area contributed by atoms with Crippen molar-refractivity contribution in [2.24, 2.45) is 0 Å². The molecule has 0 heterocycles. The molecular weight excluding hydrogens is 90.1 g/mol. The van der Waals surface area contributed by atoms with E-state index in [0.717, 1.165) is 0 Å². The van der Waals surface area contributed by atoms with Gasteiger partial charge in [-0.25, -0.2) is 0 Å². The molecule has 0 unspecified atom stereocenters. The first-order valence-electron chi connectivity index (χ1n) is 2.17. The van der Waals surface area contributed by atoms with E-state index in [9.17, 15) is 0 Å². The van der Waals surface area contributed by atoms with Crippen molar-refractivity contribution in [1.82, 2.24) is 5.48 Å². The average molecular weight is 101 g/mol. The van der Waals surface area contributed by atoms with E-state index in [1.165, 1.54) is 0 Å². The summed E-state index contributed by atoms with van der Waals surface area (Å²) in [5, 5.41) is 8.27. The summed E-state index contributed by atoms with van der Waals surface area (Å²) in [7, 11) is 0. The summed E-state index contributed by atoms with van der Waals surface area (Å²) in [6, 6.07) is 0. The molecule has 0 rings (SSSR count). The summed E-state index contributed by atoms with van der Waals surface area (Å²) < 4.78 is 0. The maximum Gasteiger partial charge on any atom is 0.0550 e. The van der Waals surface area contributed by atoms with Crippen LogP contribution in [0.1, 0.15) is 13.8 Å². The molecular formula is C5H11NO. The quantitative estimate of drug-likeness (QED) is 0.400. The maximum absolute atomic E-state index is 8.27. The van der Waals surface area contributed by atoms with Gasteiger partial charge in [-0.05, 0) is 13.8 Å². The molecule has 0 spiro atoms. The fourth-order valence-corrected chi connectivity index (χ4v) is 0.0456. The Labute approximate surface area is 43.8 Å². The van der Waals surface area contributed by atoms with Gasteiger partial charge in [-0.15, -0.1) is 6.58 Å². The molecule has 2 nitrogen and oxygen atoms in total. The third-order valence-electron chi connectivity index (χ3n) is 0.798. The fourth-order valence-electron chi connectivity index (χ4n) is 0.0456. The molecule has 0 aliphatic rings. The van der Waals surface area contributed by atoms with Crippen LogP contribution in [0.5, 0.6) is 0 Å². The maximum atomic E-state index is 8.27. The predicted molar refractivity (Wildman–Crippen MR) is 29.2 cm³/mol. The summed E-state index contributed by atoms with van der Waals surface area (Å²) in [4.78, 5) is 0. The molecule has 7 heavy (non-hydrogen) atoms. The van der Waals surface area contributed by atoms with E-state index in [4.69, 9.17) is 5.21 Å². The first kappa shape index (κ1) is 6.66. The molecule has 0 radical (unpaired) electrons. The highest BCUT2D eigenvalue weighted by Crippen LogP contribution is 1.98. The van der Waals surface area contributed by atoms with E-state index in [1.807, 2.05) is 13.8 Å². The molecule has 0 saturated heterocycles. The van der Waals surface area contributed by atoms with Gasteiger partial charge < -0.3 is 5.21 Å². The summed E-state index contributed by atoms with van der Waals surface area (Å²) in [5.74, 6) is 0. The van der Waals surface area contributed by atoms with Gasteiger partial charge in [-0.2, -0.15) is 5.48 Å². The van der Waals surface area contributed by atoms with Crippen LogP contribution in [-0.2, 0) is 0 Å². The second kappa shape index (κ2) is 2.09. The largest absolute Gasteiger partial charge is 0.316 e. The summed E-state index contributed by atoms with van der Waals surface area (Å²) >= 11 is 0. The van der Waals surface area contributed by atoms with Gasteiger partial charge in [0.15, 0.2) is 0 Å². The fraction of sp³-hybridized carbons (Fsp3) is 0.600. The SMILES string of the molecule is C=CC(C)(C)NO. The van der Waals surface area contributed by atoms with Gasteiger partial charge in [0.25, 0.3) is 0 Å². The second-order valence-corrected chi connectivity index (χ2v) is 2.04. The van der Waals surface area contributed by atoms with Crippen LogP contribution in [0, 0.1) is 0 Å². The Morgan fingerprint density at radius 3 is 2.14 bits per heavy atom. The van der Waals surface area contributed by atoms with E-state index < -0.39 is 0 Å². The van der Waals surface area contributed by atoms with Crippen molar-refractivity contribution in [2.45, 2.75) is 19.4 Å². The lowest BCUT2D eigenvalue weighted by Gasteiger charge is -2.15. The molecule has 0 amide bonds. The number of nitrogens with one attached hydrogen (secondary N) is 1. The standard InChI is InChI=1S/C5H11NO/c1-4-5(2,3)6-7/h4,6-7H,1H2,2-3H3. The molecule has 0 fully saturated rings. The van der Waals surface area contributed by atoms with Crippen molar-refractivity contribution < 1.29 is 5.21 Å². The monoisotopic (exact) mass is 101 g/mol. The molecule has 0 bridgehead atoms. The summed E-state index contributed by atoms with van der Waals surface area (Å²) in [5.41, 5.74) is 1.73. The topological polar surface area (TPSA) is 32.3 Å². The van der Waals surface area contributed by atoms with Gasteiger partial charge >= 0.3 is 0 Å². The van der Waals surface area contributed by atoms with E-state index in [1.54, 1.807) is 6.08 Å². The van der Waals surface area contributed by atoms with E-state index in [2.05, 4.69) is 12.1 Å². The van der Waals surface area contributed by atoms with Crippen molar-refractivity contribution in [3.8, 4) is 0 Å². The third-order valence-corrected chi connectivity index (χ3v) is 0.798. The van der Waals surface area contributed by atoms with Gasteiger partial charge in [0.05, 0.1) is 5.54 Å². The first-order chi connectivity index (χ1) is 3.12. The molecule has 2 heteroatoms. The smallest absolute Gasteiger partial charge is 0.0550 e. The zero-order chi connectivity index (χ0) is 5.91. The lowest BCUT2D eigenvalue weighted by Crippen LogP contribution is -2.33. The van der Waals surface area contributed by atoms with Crippen LogP contribution >= 0.6 is 0 Å². The Morgan fingerprint density at radius 2 is 2.14 bits per heavy atom. The molecule has 0 aromatic heterocycles. The second-order valence-electron chi connectivity index (χ2n) is 2.04. The third kappa shape index (κ3) is 2.37. The molecule has 0 aromatic carbocycles. The molecule has 0 aliphatic carbocycles. The molecule has 0 atom stereocenters. The van der Waals surface area contributed by atoms with Crippen LogP contribution in [0.3, 0.4) is 0 Å². The highest BCUT2D eigenvalue weighted by Gasteiger charge is 2.07. The van der Waals surface area contributed by atoms with Crippen molar-refractivity contribution in [3.05, 3.63) is 12.7 Å². The van der Waals surface area contributed by atoms with Crippen molar-refractivity contribution in [3.63, 3.8) is 0 Å². The van der Waals surface area contributed by atoms with E-state index in [0.29, 0.717) is 0 Å². The van der Waals surface area contributed by atoms with Crippen molar-refractivity contribution in [2.75, 3.05) is 0 Å². The van der Waals surface area contributed by atoms with Crippen LogP contribution < -0.4 is 5.48 Å². The predicted octanol–water partition coefficient (Wildman–Crippen LogP) is 0.930. The van der Waals surface area contributed by atoms with Crippen LogP contribution in [0.25, 0.3) is 0 Å². The average Bonchev–Trinajstić information content (AvgIpc) is 1.68. The minimum Gasteiger partial charge on any atom is -0.316 e. The minimum absolute atomic E-state index is 0.347. The van der Waals surface area contributed by atoms with Crippen LogP contribution in [0.15, 0.2) is 12.7 Å². The van der Waals surface area contributed by atoms with Crippen LogP contribution in [-0.4, -0.2) is 10.7 Å². The number of hydroxylamine groups is 1. The van der Waals surface area contributed by atoms with E-state index >= 15 is 0 Å². The number of hydrogen-bond acceptors (Lipinski definition) is 2. The van der Waals surface area contributed by atoms with Gasteiger partial charge in [0.2, 0.25) is 0 Å². The molecule has 2 N–H and O–H groups in total. The van der Waals surface area contributed by atoms with Crippen LogP contribution in [0.2, 0.25) is 0 Å². The van der Waals surface area contributed by atoms with Crippen molar-refractivity contribution >= 4 is 0 Å². The molecule has 0 aromatic rings. The summed E-state index contributed by atoms with van der Waals surface area (Å²) in [6.07, 6.45) is 1.63. The molecule has 0 saturated carbocycles. The Kier molecular flexibility index (Phi) is 1.99. The van der Waals surface area contributed by atoms with Gasteiger partial charge in [0.1, 0.15) is 0 Å². The Hall–Kier alpha value is -0.340. The highest BCUT2D eigenvalue weighted by atomic mass is 16.5. The van der Waals surface area contributed by atoms with E-state index in [-0.39, 0.29) is 5.54 Å². The normalized spacial score (nSPS) is 11.3. The summed E-state index contributed by atoms with van der Waals surface area (Å²) in [6.45, 7) is 7.12.